The number of anilines is 3. The Kier molecular flexibility index (Phi) is 6.40. The van der Waals surface area contributed by atoms with Crippen molar-refractivity contribution < 1.29 is 0 Å². The average Bonchev–Trinajstić information content (AvgIpc) is 3.51. The molecule has 9 rings (SSSR count). The van der Waals surface area contributed by atoms with Crippen LogP contribution in [0.15, 0.2) is 176 Å². The minimum absolute atomic E-state index is 1.15. The van der Waals surface area contributed by atoms with Crippen molar-refractivity contribution in [3.05, 3.63) is 176 Å². The molecule has 8 aromatic carbocycles. The number of hydrogen-bond donors (Lipinski definition) is 0. The smallest absolute Gasteiger partial charge is 0.0554 e. The van der Waals surface area contributed by atoms with Crippen LogP contribution in [0, 0.1) is 0 Å². The molecule has 0 radical (unpaired) electrons. The van der Waals surface area contributed by atoms with Gasteiger partial charge in [-0.1, -0.05) is 115 Å². The Morgan fingerprint density at radius 2 is 0.891 bits per heavy atom. The third kappa shape index (κ3) is 4.63. The molecule has 9 aromatic rings. The fraction of sp³-hybridized carbons (Fsp3) is 0. The molecular weight excluding hydrogens is 575 g/mol. The molecule has 0 spiro atoms. The van der Waals surface area contributed by atoms with Crippen LogP contribution in [-0.2, 0) is 0 Å². The molecule has 0 amide bonds. The van der Waals surface area contributed by atoms with Gasteiger partial charge in [0.25, 0.3) is 0 Å². The molecule has 0 saturated carbocycles. The van der Waals surface area contributed by atoms with Gasteiger partial charge in [0.05, 0.1) is 5.69 Å². The van der Waals surface area contributed by atoms with Gasteiger partial charge in [-0.05, 0) is 104 Å². The van der Waals surface area contributed by atoms with E-state index in [9.17, 15) is 0 Å². The second kappa shape index (κ2) is 11.0. The maximum atomic E-state index is 2.40. The van der Waals surface area contributed by atoms with Gasteiger partial charge < -0.3 is 4.90 Å². The van der Waals surface area contributed by atoms with Gasteiger partial charge in [-0.2, -0.15) is 0 Å². The quantitative estimate of drug-likeness (QED) is 0.189. The minimum atomic E-state index is 1.15. The van der Waals surface area contributed by atoms with Crippen LogP contribution < -0.4 is 4.90 Å². The Balaban J connectivity index is 1.12. The van der Waals surface area contributed by atoms with Gasteiger partial charge in [0.15, 0.2) is 0 Å². The summed E-state index contributed by atoms with van der Waals surface area (Å²) in [6, 6.07) is 64.0. The summed E-state index contributed by atoms with van der Waals surface area (Å²) in [5, 5.41) is 7.56. The Bertz CT molecular complexity index is 2530. The van der Waals surface area contributed by atoms with E-state index in [1.165, 1.54) is 69.7 Å². The van der Waals surface area contributed by atoms with E-state index in [1.54, 1.807) is 0 Å². The van der Waals surface area contributed by atoms with E-state index in [0.29, 0.717) is 0 Å². The molecule has 0 unspecified atom stereocenters. The molecule has 2 heteroatoms. The van der Waals surface area contributed by atoms with Crippen molar-refractivity contribution in [1.82, 2.24) is 0 Å². The Morgan fingerprint density at radius 1 is 0.348 bits per heavy atom. The highest BCUT2D eigenvalue weighted by Crippen LogP contribution is 2.45. The first-order valence-corrected chi connectivity index (χ1v) is 16.5. The molecule has 1 aromatic heterocycles. The minimum Gasteiger partial charge on any atom is -0.310 e. The van der Waals surface area contributed by atoms with Gasteiger partial charge >= 0.3 is 0 Å². The summed E-state index contributed by atoms with van der Waals surface area (Å²) in [5.41, 5.74) is 8.44. The van der Waals surface area contributed by atoms with E-state index < -0.39 is 0 Å². The van der Waals surface area contributed by atoms with E-state index >= 15 is 0 Å². The molecule has 0 saturated heterocycles. The molecule has 1 heterocycles. The van der Waals surface area contributed by atoms with Crippen LogP contribution in [0.2, 0.25) is 0 Å². The van der Waals surface area contributed by atoms with E-state index in [0.717, 1.165) is 11.4 Å². The molecule has 0 atom stereocenters. The summed E-state index contributed by atoms with van der Waals surface area (Å²) >= 11 is 1.86. The first-order chi connectivity index (χ1) is 22.8. The fourth-order valence-corrected chi connectivity index (χ4v) is 7.86. The van der Waals surface area contributed by atoms with Crippen molar-refractivity contribution in [3.63, 3.8) is 0 Å². The Hall–Kier alpha value is -5.70. The molecule has 216 valence electrons. The first-order valence-electron chi connectivity index (χ1n) is 15.7. The van der Waals surface area contributed by atoms with Gasteiger partial charge in [-0.3, -0.25) is 0 Å². The van der Waals surface area contributed by atoms with Gasteiger partial charge in [-0.15, -0.1) is 11.3 Å². The molecule has 46 heavy (non-hydrogen) atoms. The number of benzene rings is 8. The molecule has 1 nitrogen and oxygen atoms in total. The first kappa shape index (κ1) is 26.7. The topological polar surface area (TPSA) is 3.24 Å². The maximum absolute atomic E-state index is 2.40. The third-order valence-corrected chi connectivity index (χ3v) is 10.1. The van der Waals surface area contributed by atoms with Crippen molar-refractivity contribution >= 4 is 70.1 Å². The van der Waals surface area contributed by atoms with Gasteiger partial charge in [0, 0.05) is 31.5 Å². The summed E-state index contributed by atoms with van der Waals surface area (Å²) in [5.74, 6) is 0. The SMILES string of the molecule is c1ccc(-c2ccc3cc(-c4ccc5cc(N(c6ccccc6)c6cccc7sc8ccccc8c67)ccc5c4)ccc3c2)cc1. The van der Waals surface area contributed by atoms with Crippen molar-refractivity contribution in [3.8, 4) is 22.3 Å². The van der Waals surface area contributed by atoms with Crippen LogP contribution in [0.1, 0.15) is 0 Å². The Morgan fingerprint density at radius 3 is 1.59 bits per heavy atom. The fourth-order valence-electron chi connectivity index (χ4n) is 6.73. The predicted molar refractivity (Wildman–Crippen MR) is 200 cm³/mol. The zero-order valence-corrected chi connectivity index (χ0v) is 25.9. The third-order valence-electron chi connectivity index (χ3n) is 9.00. The number of para-hydroxylation sites is 1. The van der Waals surface area contributed by atoms with Gasteiger partial charge in [0.1, 0.15) is 0 Å². The lowest BCUT2D eigenvalue weighted by molar-refractivity contribution is 1.31. The van der Waals surface area contributed by atoms with Crippen LogP contribution in [0.25, 0.3) is 64.0 Å². The lowest BCUT2D eigenvalue weighted by atomic mass is 9.96. The summed E-state index contributed by atoms with van der Waals surface area (Å²) < 4.78 is 2.62. The molecule has 0 aliphatic carbocycles. The standard InChI is InChI=1S/C44H29NS/c1-3-10-30(11-4-1)31-18-19-33-27-34(21-20-32(33)26-31)35-22-23-37-29-39(25-24-36(37)28-35)45(38-12-5-2-6-13-38)41-15-9-17-43-44(41)40-14-7-8-16-42(40)46-43/h1-29H. The van der Waals surface area contributed by atoms with E-state index in [1.807, 2.05) is 11.3 Å². The molecule has 0 bridgehead atoms. The van der Waals surface area contributed by atoms with Crippen molar-refractivity contribution in [1.29, 1.82) is 0 Å². The number of thiophene rings is 1. The number of fused-ring (bicyclic) bond motifs is 5. The summed E-state index contributed by atoms with van der Waals surface area (Å²) in [7, 11) is 0. The van der Waals surface area contributed by atoms with Crippen LogP contribution in [-0.4, -0.2) is 0 Å². The highest BCUT2D eigenvalue weighted by atomic mass is 32.1. The van der Waals surface area contributed by atoms with E-state index in [-0.39, 0.29) is 0 Å². The summed E-state index contributed by atoms with van der Waals surface area (Å²) in [4.78, 5) is 2.40. The molecule has 0 aliphatic heterocycles. The molecule has 0 aliphatic rings. The van der Waals surface area contributed by atoms with Crippen LogP contribution in [0.3, 0.4) is 0 Å². The Labute approximate surface area is 272 Å². The number of nitrogens with zero attached hydrogens (tertiary/aromatic N) is 1. The number of hydrogen-bond acceptors (Lipinski definition) is 2. The highest BCUT2D eigenvalue weighted by Gasteiger charge is 2.18. The van der Waals surface area contributed by atoms with E-state index in [2.05, 4.69) is 181 Å². The normalized spacial score (nSPS) is 11.5. The molecular formula is C44H29NS. The van der Waals surface area contributed by atoms with Gasteiger partial charge in [0.2, 0.25) is 0 Å². The zero-order valence-electron chi connectivity index (χ0n) is 25.1. The highest BCUT2D eigenvalue weighted by molar-refractivity contribution is 7.26. The van der Waals surface area contributed by atoms with Crippen LogP contribution in [0.4, 0.5) is 17.1 Å². The van der Waals surface area contributed by atoms with Crippen molar-refractivity contribution in [2.24, 2.45) is 0 Å². The average molecular weight is 604 g/mol. The van der Waals surface area contributed by atoms with Crippen LogP contribution >= 0.6 is 11.3 Å². The number of rotatable bonds is 5. The lowest BCUT2D eigenvalue weighted by Gasteiger charge is -2.27. The van der Waals surface area contributed by atoms with Gasteiger partial charge in [-0.25, -0.2) is 0 Å². The summed E-state index contributed by atoms with van der Waals surface area (Å²) in [6.45, 7) is 0. The predicted octanol–water partition coefficient (Wildman–Crippen LogP) is 13.2. The second-order valence-electron chi connectivity index (χ2n) is 11.8. The van der Waals surface area contributed by atoms with Crippen molar-refractivity contribution in [2.75, 3.05) is 4.90 Å². The second-order valence-corrected chi connectivity index (χ2v) is 12.9. The largest absolute Gasteiger partial charge is 0.310 e. The summed E-state index contributed by atoms with van der Waals surface area (Å²) in [6.07, 6.45) is 0. The van der Waals surface area contributed by atoms with Crippen LogP contribution in [0.5, 0.6) is 0 Å². The van der Waals surface area contributed by atoms with E-state index in [4.69, 9.17) is 0 Å². The monoisotopic (exact) mass is 603 g/mol. The maximum Gasteiger partial charge on any atom is 0.0554 e. The van der Waals surface area contributed by atoms with Crippen molar-refractivity contribution in [2.45, 2.75) is 0 Å². The molecule has 0 N–H and O–H groups in total. The lowest BCUT2D eigenvalue weighted by Crippen LogP contribution is -2.10. The zero-order chi connectivity index (χ0) is 30.5. The molecule has 0 fully saturated rings.